The maximum atomic E-state index is 4.30. The number of nitrogens with one attached hydrogen (secondary N) is 1. The van der Waals surface area contributed by atoms with E-state index in [2.05, 4.69) is 56.5 Å². The third kappa shape index (κ3) is 4.97. The van der Waals surface area contributed by atoms with Gasteiger partial charge in [-0.25, -0.2) is 4.98 Å². The molecule has 0 aliphatic heterocycles. The number of rotatable bonds is 4. The number of nitrogens with zero attached hydrogens (tertiary/aromatic N) is 5. The van der Waals surface area contributed by atoms with Crippen molar-refractivity contribution in [2.24, 2.45) is 12.0 Å². The molecule has 0 saturated heterocycles. The molecule has 22 heavy (non-hydrogen) atoms. The predicted molar refractivity (Wildman–Crippen MR) is 99.3 cm³/mol. The predicted octanol–water partition coefficient (Wildman–Crippen LogP) is 1.95. The molecule has 7 heteroatoms. The summed E-state index contributed by atoms with van der Waals surface area (Å²) < 4.78 is 1.75. The van der Waals surface area contributed by atoms with Gasteiger partial charge in [0.25, 0.3) is 0 Å². The van der Waals surface area contributed by atoms with Crippen LogP contribution in [0.2, 0.25) is 0 Å². The quantitative estimate of drug-likeness (QED) is 0.472. The first-order valence-electron chi connectivity index (χ1n) is 6.90. The van der Waals surface area contributed by atoms with E-state index >= 15 is 0 Å². The molecule has 0 bridgehead atoms. The monoisotopic (exact) mass is 414 g/mol. The van der Waals surface area contributed by atoms with Crippen LogP contribution >= 0.6 is 24.0 Å². The van der Waals surface area contributed by atoms with E-state index in [9.17, 15) is 0 Å². The molecule has 1 aromatic carbocycles. The number of aryl methyl sites for hydroxylation is 2. The van der Waals surface area contributed by atoms with Crippen LogP contribution in [0.15, 0.2) is 35.6 Å². The van der Waals surface area contributed by atoms with Crippen LogP contribution in [0.4, 0.5) is 0 Å². The van der Waals surface area contributed by atoms with Crippen LogP contribution in [0, 0.1) is 6.92 Å². The van der Waals surface area contributed by atoms with Crippen LogP contribution in [0.25, 0.3) is 0 Å². The number of hydrogen-bond acceptors (Lipinski definition) is 3. The first-order chi connectivity index (χ1) is 10.1. The number of aromatic nitrogens is 3. The van der Waals surface area contributed by atoms with E-state index in [1.54, 1.807) is 18.1 Å². The minimum Gasteiger partial charge on any atom is -0.349 e. The van der Waals surface area contributed by atoms with Gasteiger partial charge in [-0.05, 0) is 12.5 Å². The SMILES string of the molecule is CN=C(NCc1ncnn1C)N(C)Cc1ccc(C)cc1.I. The van der Waals surface area contributed by atoms with E-state index in [1.165, 1.54) is 11.1 Å². The fraction of sp³-hybridized carbons (Fsp3) is 0.400. The minimum atomic E-state index is 0. The summed E-state index contributed by atoms with van der Waals surface area (Å²) >= 11 is 0. The first-order valence-corrected chi connectivity index (χ1v) is 6.90. The molecule has 0 amide bonds. The van der Waals surface area contributed by atoms with Crippen molar-refractivity contribution in [3.05, 3.63) is 47.5 Å². The van der Waals surface area contributed by atoms with Crippen molar-refractivity contribution in [1.29, 1.82) is 0 Å². The van der Waals surface area contributed by atoms with Crippen LogP contribution in [0.3, 0.4) is 0 Å². The Morgan fingerprint density at radius 3 is 2.55 bits per heavy atom. The fourth-order valence-electron chi connectivity index (χ4n) is 2.07. The molecule has 6 nitrogen and oxygen atoms in total. The molecule has 0 fully saturated rings. The number of halogens is 1. The summed E-state index contributed by atoms with van der Waals surface area (Å²) in [6, 6.07) is 8.53. The lowest BCUT2D eigenvalue weighted by atomic mass is 10.1. The number of aliphatic imine (C=N–C) groups is 1. The lowest BCUT2D eigenvalue weighted by Crippen LogP contribution is -2.38. The molecule has 1 heterocycles. The molecule has 0 aliphatic carbocycles. The second-order valence-electron chi connectivity index (χ2n) is 5.04. The standard InChI is InChI=1S/C15H22N6.HI/c1-12-5-7-13(8-6-12)10-20(3)15(16-2)17-9-14-18-11-19-21(14)4;/h5-8,11H,9-10H2,1-4H3,(H,16,17);1H. The minimum absolute atomic E-state index is 0. The smallest absolute Gasteiger partial charge is 0.194 e. The van der Waals surface area contributed by atoms with Gasteiger partial charge in [0.05, 0.1) is 6.54 Å². The second kappa shape index (κ2) is 8.72. The number of benzene rings is 1. The van der Waals surface area contributed by atoms with Gasteiger partial charge in [-0.1, -0.05) is 29.8 Å². The van der Waals surface area contributed by atoms with Crippen LogP contribution in [-0.4, -0.2) is 39.7 Å². The Morgan fingerprint density at radius 1 is 1.32 bits per heavy atom. The Kier molecular flexibility index (Phi) is 7.30. The molecule has 1 N–H and O–H groups in total. The zero-order chi connectivity index (χ0) is 15.2. The average molecular weight is 414 g/mol. The highest BCUT2D eigenvalue weighted by atomic mass is 127. The fourth-order valence-corrected chi connectivity index (χ4v) is 2.07. The Morgan fingerprint density at radius 2 is 2.00 bits per heavy atom. The maximum Gasteiger partial charge on any atom is 0.194 e. The molecular weight excluding hydrogens is 391 g/mol. The number of hydrogen-bond donors (Lipinski definition) is 1. The Hall–Kier alpha value is -1.64. The van der Waals surface area contributed by atoms with Gasteiger partial charge < -0.3 is 10.2 Å². The summed E-state index contributed by atoms with van der Waals surface area (Å²) in [4.78, 5) is 10.6. The van der Waals surface area contributed by atoms with Crippen LogP contribution < -0.4 is 5.32 Å². The summed E-state index contributed by atoms with van der Waals surface area (Å²) in [7, 11) is 5.68. The zero-order valence-corrected chi connectivity index (χ0v) is 15.8. The van der Waals surface area contributed by atoms with E-state index in [-0.39, 0.29) is 24.0 Å². The van der Waals surface area contributed by atoms with Gasteiger partial charge in [-0.3, -0.25) is 9.67 Å². The van der Waals surface area contributed by atoms with Gasteiger partial charge in [0, 0.05) is 27.7 Å². The van der Waals surface area contributed by atoms with Crippen molar-refractivity contribution < 1.29 is 0 Å². The van der Waals surface area contributed by atoms with E-state index in [4.69, 9.17) is 0 Å². The maximum absolute atomic E-state index is 4.30. The summed E-state index contributed by atoms with van der Waals surface area (Å²) in [6.07, 6.45) is 1.55. The van der Waals surface area contributed by atoms with Crippen molar-refractivity contribution >= 4 is 29.9 Å². The van der Waals surface area contributed by atoms with Gasteiger partial charge in [0.15, 0.2) is 5.96 Å². The van der Waals surface area contributed by atoms with Crippen LogP contribution in [0.1, 0.15) is 17.0 Å². The van der Waals surface area contributed by atoms with Crippen molar-refractivity contribution in [3.8, 4) is 0 Å². The molecule has 0 radical (unpaired) electrons. The van der Waals surface area contributed by atoms with Crippen molar-refractivity contribution in [3.63, 3.8) is 0 Å². The second-order valence-corrected chi connectivity index (χ2v) is 5.04. The van der Waals surface area contributed by atoms with Gasteiger partial charge in [0.2, 0.25) is 0 Å². The van der Waals surface area contributed by atoms with Gasteiger partial charge in [-0.2, -0.15) is 5.10 Å². The van der Waals surface area contributed by atoms with Crippen molar-refractivity contribution in [1.82, 2.24) is 25.0 Å². The molecule has 0 aliphatic rings. The Balaban J connectivity index is 0.00000242. The molecule has 0 saturated carbocycles. The highest BCUT2D eigenvalue weighted by Crippen LogP contribution is 2.06. The third-order valence-corrected chi connectivity index (χ3v) is 3.32. The van der Waals surface area contributed by atoms with E-state index < -0.39 is 0 Å². The number of guanidine groups is 1. The van der Waals surface area contributed by atoms with E-state index in [0.29, 0.717) is 6.54 Å². The lowest BCUT2D eigenvalue weighted by molar-refractivity contribution is 0.474. The van der Waals surface area contributed by atoms with E-state index in [0.717, 1.165) is 18.3 Å². The Bertz CT molecular complexity index is 605. The average Bonchev–Trinajstić information content (AvgIpc) is 2.88. The molecule has 2 rings (SSSR count). The molecular formula is C15H23IN6. The first kappa shape index (κ1) is 18.4. The molecule has 2 aromatic rings. The summed E-state index contributed by atoms with van der Waals surface area (Å²) in [5.41, 5.74) is 2.52. The van der Waals surface area contributed by atoms with Crippen LogP contribution in [-0.2, 0) is 20.1 Å². The molecule has 0 atom stereocenters. The lowest BCUT2D eigenvalue weighted by Gasteiger charge is -2.22. The topological polar surface area (TPSA) is 58.3 Å². The van der Waals surface area contributed by atoms with Gasteiger partial charge >= 0.3 is 0 Å². The van der Waals surface area contributed by atoms with Crippen LogP contribution in [0.5, 0.6) is 0 Å². The largest absolute Gasteiger partial charge is 0.349 e. The van der Waals surface area contributed by atoms with Gasteiger partial charge in [-0.15, -0.1) is 24.0 Å². The van der Waals surface area contributed by atoms with Crippen molar-refractivity contribution in [2.45, 2.75) is 20.0 Å². The molecule has 120 valence electrons. The Labute approximate surface area is 148 Å². The molecule has 1 aromatic heterocycles. The van der Waals surface area contributed by atoms with E-state index in [1.807, 2.05) is 14.1 Å². The normalized spacial score (nSPS) is 11.0. The highest BCUT2D eigenvalue weighted by molar-refractivity contribution is 14.0. The van der Waals surface area contributed by atoms with Gasteiger partial charge in [0.1, 0.15) is 12.2 Å². The molecule has 0 unspecified atom stereocenters. The summed E-state index contributed by atoms with van der Waals surface area (Å²) in [5, 5.41) is 7.35. The van der Waals surface area contributed by atoms with Crippen molar-refractivity contribution in [2.75, 3.05) is 14.1 Å². The third-order valence-electron chi connectivity index (χ3n) is 3.32. The highest BCUT2D eigenvalue weighted by Gasteiger charge is 2.08. The zero-order valence-electron chi connectivity index (χ0n) is 13.4. The summed E-state index contributed by atoms with van der Waals surface area (Å²) in [5.74, 6) is 1.71. The molecule has 0 spiro atoms. The summed E-state index contributed by atoms with van der Waals surface area (Å²) in [6.45, 7) is 3.50.